The highest BCUT2D eigenvalue weighted by Gasteiger charge is 2.13. The Morgan fingerprint density at radius 2 is 2.06 bits per heavy atom. The highest BCUT2D eigenvalue weighted by molar-refractivity contribution is 5.42. The van der Waals surface area contributed by atoms with Crippen molar-refractivity contribution in [3.05, 3.63) is 28.8 Å². The van der Waals surface area contributed by atoms with Crippen LogP contribution in [0, 0.1) is 19.8 Å². The molecule has 1 fully saturated rings. The Kier molecular flexibility index (Phi) is 4.61. The van der Waals surface area contributed by atoms with Crippen molar-refractivity contribution in [2.24, 2.45) is 5.92 Å². The normalized spacial score (nSPS) is 20.0. The molecule has 2 N–H and O–H groups in total. The van der Waals surface area contributed by atoms with Crippen LogP contribution < -0.4 is 5.32 Å². The fraction of sp³-hybridized carbons (Fsp3) is 0.600. The van der Waals surface area contributed by atoms with E-state index in [1.54, 1.807) is 0 Å². The van der Waals surface area contributed by atoms with Gasteiger partial charge in [-0.2, -0.15) is 0 Å². The maximum atomic E-state index is 9.72. The van der Waals surface area contributed by atoms with Crippen molar-refractivity contribution < 1.29 is 9.84 Å². The number of phenolic OH excluding ortho intramolecular Hbond substituents is 1. The summed E-state index contributed by atoms with van der Waals surface area (Å²) in [6, 6.07) is 4.10. The Morgan fingerprint density at radius 3 is 2.67 bits per heavy atom. The predicted octanol–water partition coefficient (Wildman–Crippen LogP) is 2.53. The molecular weight excluding hydrogens is 226 g/mol. The molecule has 3 heteroatoms. The number of ether oxygens (including phenoxy) is 1. The molecule has 0 spiro atoms. The molecular formula is C15H23NO2. The van der Waals surface area contributed by atoms with Crippen LogP contribution in [0.4, 0.5) is 0 Å². The Labute approximate surface area is 109 Å². The van der Waals surface area contributed by atoms with Gasteiger partial charge in [0.15, 0.2) is 0 Å². The van der Waals surface area contributed by atoms with Gasteiger partial charge in [-0.05, 0) is 49.3 Å². The van der Waals surface area contributed by atoms with Crippen LogP contribution in [-0.4, -0.2) is 24.9 Å². The number of phenols is 1. The van der Waals surface area contributed by atoms with Crippen LogP contribution in [0.25, 0.3) is 0 Å². The van der Waals surface area contributed by atoms with Gasteiger partial charge in [-0.15, -0.1) is 0 Å². The van der Waals surface area contributed by atoms with Crippen molar-refractivity contribution in [2.45, 2.75) is 33.2 Å². The van der Waals surface area contributed by atoms with Gasteiger partial charge in [-0.25, -0.2) is 0 Å². The third-order valence-corrected chi connectivity index (χ3v) is 3.57. The van der Waals surface area contributed by atoms with Crippen molar-refractivity contribution in [3.63, 3.8) is 0 Å². The lowest BCUT2D eigenvalue weighted by Crippen LogP contribution is -2.28. The molecule has 1 atom stereocenters. The summed E-state index contributed by atoms with van der Waals surface area (Å²) in [5.41, 5.74) is 3.14. The molecule has 100 valence electrons. The van der Waals surface area contributed by atoms with Gasteiger partial charge in [0.1, 0.15) is 5.75 Å². The summed E-state index contributed by atoms with van der Waals surface area (Å²) in [6.07, 6.45) is 2.45. The summed E-state index contributed by atoms with van der Waals surface area (Å²) < 4.78 is 5.47. The average molecular weight is 249 g/mol. The molecule has 0 amide bonds. The predicted molar refractivity (Wildman–Crippen MR) is 72.8 cm³/mol. The van der Waals surface area contributed by atoms with Crippen LogP contribution in [0.3, 0.4) is 0 Å². The summed E-state index contributed by atoms with van der Waals surface area (Å²) >= 11 is 0. The summed E-state index contributed by atoms with van der Waals surface area (Å²) in [6.45, 7) is 7.58. The van der Waals surface area contributed by atoms with E-state index in [1.807, 2.05) is 26.0 Å². The second-order valence-electron chi connectivity index (χ2n) is 5.29. The fourth-order valence-corrected chi connectivity index (χ4v) is 2.54. The summed E-state index contributed by atoms with van der Waals surface area (Å²) in [7, 11) is 0. The average Bonchev–Trinajstić information content (AvgIpc) is 2.37. The number of benzene rings is 1. The zero-order valence-electron chi connectivity index (χ0n) is 11.3. The molecule has 0 aromatic heterocycles. The summed E-state index contributed by atoms with van der Waals surface area (Å²) in [4.78, 5) is 0. The van der Waals surface area contributed by atoms with E-state index in [-0.39, 0.29) is 0 Å². The van der Waals surface area contributed by atoms with Gasteiger partial charge >= 0.3 is 0 Å². The molecule has 2 rings (SSSR count). The largest absolute Gasteiger partial charge is 0.507 e. The Balaban J connectivity index is 1.82. The minimum atomic E-state index is 0.416. The molecule has 3 nitrogen and oxygen atoms in total. The van der Waals surface area contributed by atoms with Crippen molar-refractivity contribution in [1.82, 2.24) is 5.32 Å². The van der Waals surface area contributed by atoms with Crippen LogP contribution in [-0.2, 0) is 11.3 Å². The monoisotopic (exact) mass is 249 g/mol. The van der Waals surface area contributed by atoms with E-state index in [1.165, 1.54) is 18.4 Å². The van der Waals surface area contributed by atoms with Crippen molar-refractivity contribution in [2.75, 3.05) is 19.8 Å². The maximum absolute atomic E-state index is 9.72. The first kappa shape index (κ1) is 13.4. The van der Waals surface area contributed by atoms with E-state index >= 15 is 0 Å². The standard InChI is InChI=1S/C15H23NO2/c1-11-6-14(7-12(2)15(11)17)9-16-8-13-4-3-5-18-10-13/h6-7,13,16-17H,3-5,8-10H2,1-2H3. The lowest BCUT2D eigenvalue weighted by Gasteiger charge is -2.22. The van der Waals surface area contributed by atoms with E-state index < -0.39 is 0 Å². The molecule has 0 aliphatic carbocycles. The molecule has 0 bridgehead atoms. The number of hydrogen-bond donors (Lipinski definition) is 2. The van der Waals surface area contributed by atoms with Gasteiger partial charge in [-0.1, -0.05) is 12.1 Å². The van der Waals surface area contributed by atoms with E-state index in [4.69, 9.17) is 4.74 Å². The third-order valence-electron chi connectivity index (χ3n) is 3.57. The molecule has 1 heterocycles. The van der Waals surface area contributed by atoms with Gasteiger partial charge in [0.2, 0.25) is 0 Å². The van der Waals surface area contributed by atoms with Gasteiger partial charge in [0, 0.05) is 19.7 Å². The number of hydrogen-bond acceptors (Lipinski definition) is 3. The lowest BCUT2D eigenvalue weighted by atomic mass is 10.0. The van der Waals surface area contributed by atoms with Gasteiger partial charge in [-0.3, -0.25) is 0 Å². The van der Waals surface area contributed by atoms with E-state index in [0.717, 1.165) is 37.4 Å². The summed E-state index contributed by atoms with van der Waals surface area (Å²) in [5.74, 6) is 1.07. The Hall–Kier alpha value is -1.06. The number of nitrogens with one attached hydrogen (secondary N) is 1. The molecule has 18 heavy (non-hydrogen) atoms. The van der Waals surface area contributed by atoms with E-state index in [0.29, 0.717) is 11.7 Å². The van der Waals surface area contributed by atoms with Crippen molar-refractivity contribution >= 4 is 0 Å². The molecule has 1 aromatic rings. The number of rotatable bonds is 4. The Morgan fingerprint density at radius 1 is 1.33 bits per heavy atom. The van der Waals surface area contributed by atoms with Crippen LogP contribution in [0.1, 0.15) is 29.5 Å². The van der Waals surface area contributed by atoms with Gasteiger partial charge in [0.25, 0.3) is 0 Å². The first-order chi connectivity index (χ1) is 8.66. The second kappa shape index (κ2) is 6.21. The first-order valence-electron chi connectivity index (χ1n) is 6.74. The zero-order chi connectivity index (χ0) is 13.0. The molecule has 0 radical (unpaired) electrons. The van der Waals surface area contributed by atoms with Gasteiger partial charge in [0.05, 0.1) is 6.61 Å². The zero-order valence-corrected chi connectivity index (χ0v) is 11.3. The maximum Gasteiger partial charge on any atom is 0.121 e. The molecule has 1 aromatic carbocycles. The smallest absolute Gasteiger partial charge is 0.121 e. The minimum Gasteiger partial charge on any atom is -0.507 e. The highest BCUT2D eigenvalue weighted by atomic mass is 16.5. The topological polar surface area (TPSA) is 41.5 Å². The van der Waals surface area contributed by atoms with Crippen LogP contribution in [0.2, 0.25) is 0 Å². The number of aryl methyl sites for hydroxylation is 2. The second-order valence-corrected chi connectivity index (χ2v) is 5.29. The quantitative estimate of drug-likeness (QED) is 0.861. The van der Waals surface area contributed by atoms with E-state index in [2.05, 4.69) is 5.32 Å². The molecule has 1 aliphatic heterocycles. The minimum absolute atomic E-state index is 0.416. The third kappa shape index (κ3) is 3.47. The van der Waals surface area contributed by atoms with E-state index in [9.17, 15) is 5.11 Å². The fourth-order valence-electron chi connectivity index (χ4n) is 2.54. The molecule has 1 unspecified atom stereocenters. The first-order valence-corrected chi connectivity index (χ1v) is 6.74. The number of aromatic hydroxyl groups is 1. The van der Waals surface area contributed by atoms with Gasteiger partial charge < -0.3 is 15.2 Å². The molecule has 0 saturated carbocycles. The summed E-state index contributed by atoms with van der Waals surface area (Å²) in [5, 5.41) is 13.2. The van der Waals surface area contributed by atoms with Crippen LogP contribution in [0.5, 0.6) is 5.75 Å². The SMILES string of the molecule is Cc1cc(CNCC2CCCOC2)cc(C)c1O. The lowest BCUT2D eigenvalue weighted by molar-refractivity contribution is 0.0547. The van der Waals surface area contributed by atoms with Crippen LogP contribution >= 0.6 is 0 Å². The highest BCUT2D eigenvalue weighted by Crippen LogP contribution is 2.22. The molecule has 1 aliphatic rings. The van der Waals surface area contributed by atoms with Crippen molar-refractivity contribution in [1.29, 1.82) is 0 Å². The molecule has 1 saturated heterocycles. The van der Waals surface area contributed by atoms with Crippen LogP contribution in [0.15, 0.2) is 12.1 Å². The van der Waals surface area contributed by atoms with Crippen molar-refractivity contribution in [3.8, 4) is 5.75 Å². The Bertz CT molecular complexity index is 374.